The minimum absolute atomic E-state index is 0.101. The van der Waals surface area contributed by atoms with Crippen molar-refractivity contribution in [2.45, 2.75) is 37.9 Å². The molecule has 0 saturated carbocycles. The lowest BCUT2D eigenvalue weighted by Crippen LogP contribution is -2.54. The molecule has 9 heteroatoms. The smallest absolute Gasteiger partial charge is 0.326 e. The van der Waals surface area contributed by atoms with Gasteiger partial charge in [0.1, 0.15) is 12.1 Å². The van der Waals surface area contributed by atoms with Crippen LogP contribution in [0.3, 0.4) is 0 Å². The zero-order valence-electron chi connectivity index (χ0n) is 13.8. The summed E-state index contributed by atoms with van der Waals surface area (Å²) in [4.78, 5) is 46.0. The van der Waals surface area contributed by atoms with Crippen LogP contribution in [0.1, 0.15) is 18.9 Å². The molecule has 1 aromatic carbocycles. The summed E-state index contributed by atoms with van der Waals surface area (Å²) in [6, 6.07) is 5.47. The zero-order valence-corrected chi connectivity index (χ0v) is 13.8. The number of carbonyl (C=O) groups is 4. The summed E-state index contributed by atoms with van der Waals surface area (Å²) < 4.78 is 0. The molecule has 3 unspecified atom stereocenters. The predicted octanol–water partition coefficient (Wildman–Crippen LogP) is -1.49. The summed E-state index contributed by atoms with van der Waals surface area (Å²) >= 11 is 0. The monoisotopic (exact) mass is 350 g/mol. The minimum atomic E-state index is -1.19. The summed E-state index contributed by atoms with van der Waals surface area (Å²) in [5.41, 5.74) is 11.2. The van der Waals surface area contributed by atoms with Crippen molar-refractivity contribution in [3.8, 4) is 0 Å². The Morgan fingerprint density at radius 1 is 1.08 bits per heavy atom. The van der Waals surface area contributed by atoms with Gasteiger partial charge in [-0.3, -0.25) is 14.4 Å². The molecule has 136 valence electrons. The lowest BCUT2D eigenvalue weighted by Gasteiger charge is -2.20. The van der Waals surface area contributed by atoms with Crippen LogP contribution in [0.15, 0.2) is 30.3 Å². The number of hydrogen-bond donors (Lipinski definition) is 5. The van der Waals surface area contributed by atoms with E-state index in [0.29, 0.717) is 0 Å². The van der Waals surface area contributed by atoms with Crippen molar-refractivity contribution < 1.29 is 24.3 Å². The normalized spacial score (nSPS) is 14.0. The van der Waals surface area contributed by atoms with Crippen LogP contribution in [-0.2, 0) is 25.6 Å². The lowest BCUT2D eigenvalue weighted by molar-refractivity contribution is -0.142. The maximum absolute atomic E-state index is 12.1. The number of primary amides is 1. The fourth-order valence-corrected chi connectivity index (χ4v) is 2.04. The van der Waals surface area contributed by atoms with Crippen LogP contribution in [0.25, 0.3) is 0 Å². The third-order valence-corrected chi connectivity index (χ3v) is 3.41. The van der Waals surface area contributed by atoms with Gasteiger partial charge in [-0.2, -0.15) is 0 Å². The van der Waals surface area contributed by atoms with Gasteiger partial charge in [-0.1, -0.05) is 30.3 Å². The molecule has 1 rings (SSSR count). The van der Waals surface area contributed by atoms with Crippen LogP contribution in [0.2, 0.25) is 0 Å². The summed E-state index contributed by atoms with van der Waals surface area (Å²) in [7, 11) is 0. The van der Waals surface area contributed by atoms with Crippen LogP contribution in [0.4, 0.5) is 0 Å². The van der Waals surface area contributed by atoms with Crippen molar-refractivity contribution in [2.24, 2.45) is 11.5 Å². The predicted molar refractivity (Wildman–Crippen MR) is 89.1 cm³/mol. The van der Waals surface area contributed by atoms with Crippen molar-refractivity contribution in [3.05, 3.63) is 35.9 Å². The Kier molecular flexibility index (Phi) is 7.54. The molecule has 3 atom stereocenters. The summed E-state index contributed by atoms with van der Waals surface area (Å²) in [6.45, 7) is 1.38. The molecule has 0 heterocycles. The van der Waals surface area contributed by atoms with Crippen molar-refractivity contribution in [1.82, 2.24) is 10.6 Å². The molecule has 1 aromatic rings. The molecule has 9 nitrogen and oxygen atoms in total. The number of hydrogen-bond acceptors (Lipinski definition) is 5. The van der Waals surface area contributed by atoms with E-state index in [-0.39, 0.29) is 12.8 Å². The molecule has 0 bridgehead atoms. The average Bonchev–Trinajstić information content (AvgIpc) is 2.54. The van der Waals surface area contributed by atoms with Crippen LogP contribution < -0.4 is 22.1 Å². The Morgan fingerprint density at radius 3 is 2.20 bits per heavy atom. The maximum Gasteiger partial charge on any atom is 0.326 e. The third kappa shape index (κ3) is 7.00. The van der Waals surface area contributed by atoms with E-state index < -0.39 is 41.8 Å². The van der Waals surface area contributed by atoms with E-state index in [2.05, 4.69) is 10.6 Å². The molecule has 0 radical (unpaired) electrons. The Balaban J connectivity index is 2.62. The van der Waals surface area contributed by atoms with Crippen LogP contribution in [0.5, 0.6) is 0 Å². The fraction of sp³-hybridized carbons (Fsp3) is 0.375. The number of carboxylic acids is 1. The molecule has 0 aliphatic carbocycles. The zero-order chi connectivity index (χ0) is 19.0. The average molecular weight is 350 g/mol. The van der Waals surface area contributed by atoms with Gasteiger partial charge in [-0.25, -0.2) is 4.79 Å². The third-order valence-electron chi connectivity index (χ3n) is 3.41. The fourth-order valence-electron chi connectivity index (χ4n) is 2.04. The highest BCUT2D eigenvalue weighted by Crippen LogP contribution is 2.04. The number of amides is 3. The van der Waals surface area contributed by atoms with Crippen molar-refractivity contribution in [1.29, 1.82) is 0 Å². The van der Waals surface area contributed by atoms with Gasteiger partial charge in [0, 0.05) is 6.42 Å². The van der Waals surface area contributed by atoms with E-state index in [4.69, 9.17) is 11.5 Å². The van der Waals surface area contributed by atoms with Crippen LogP contribution in [-0.4, -0.2) is 46.9 Å². The molecule has 3 amide bonds. The first-order valence-electron chi connectivity index (χ1n) is 7.62. The van der Waals surface area contributed by atoms with E-state index in [1.807, 2.05) is 0 Å². The van der Waals surface area contributed by atoms with E-state index in [0.717, 1.165) is 5.56 Å². The van der Waals surface area contributed by atoms with Crippen molar-refractivity contribution in [2.75, 3.05) is 0 Å². The number of carbonyl (C=O) groups excluding carboxylic acids is 3. The van der Waals surface area contributed by atoms with E-state index in [1.54, 1.807) is 30.3 Å². The van der Waals surface area contributed by atoms with Gasteiger partial charge in [-0.05, 0) is 12.5 Å². The van der Waals surface area contributed by atoms with Gasteiger partial charge >= 0.3 is 5.97 Å². The quantitative estimate of drug-likeness (QED) is 0.364. The minimum Gasteiger partial charge on any atom is -0.480 e. The first-order valence-corrected chi connectivity index (χ1v) is 7.62. The molecule has 0 aliphatic rings. The number of carboxylic acid groups (broad SMARTS) is 1. The Hall–Kier alpha value is -2.94. The second-order valence-electron chi connectivity index (χ2n) is 5.60. The SMILES string of the molecule is CC(NC(=O)C(N)CC(N)=O)C(=O)NC(Cc1ccccc1)C(=O)O. The highest BCUT2D eigenvalue weighted by atomic mass is 16.4. The number of rotatable bonds is 9. The van der Waals surface area contributed by atoms with Gasteiger partial charge in [0.25, 0.3) is 0 Å². The van der Waals surface area contributed by atoms with Gasteiger partial charge in [0.05, 0.1) is 12.5 Å². The number of benzene rings is 1. The number of nitrogens with two attached hydrogens (primary N) is 2. The summed E-state index contributed by atoms with van der Waals surface area (Å²) in [5, 5.41) is 13.9. The second-order valence-corrected chi connectivity index (χ2v) is 5.60. The van der Waals surface area contributed by atoms with Crippen LogP contribution in [0, 0.1) is 0 Å². The topological polar surface area (TPSA) is 165 Å². The Bertz CT molecular complexity index is 635. The standard InChI is InChI=1S/C16H22N4O5/c1-9(19-15(23)11(17)8-13(18)21)14(22)20-12(16(24)25)7-10-5-3-2-4-6-10/h2-6,9,11-12H,7-8,17H2,1H3,(H2,18,21)(H,19,23)(H,20,22)(H,24,25). The molecular formula is C16H22N4O5. The van der Waals surface area contributed by atoms with Crippen molar-refractivity contribution in [3.63, 3.8) is 0 Å². The molecule has 25 heavy (non-hydrogen) atoms. The second kappa shape index (κ2) is 9.38. The maximum atomic E-state index is 12.1. The van der Waals surface area contributed by atoms with E-state index in [9.17, 15) is 24.3 Å². The number of aliphatic carboxylic acids is 1. The molecule has 0 aromatic heterocycles. The highest BCUT2D eigenvalue weighted by Gasteiger charge is 2.25. The first kappa shape index (κ1) is 20.1. The molecule has 0 saturated heterocycles. The lowest BCUT2D eigenvalue weighted by atomic mass is 10.1. The van der Waals surface area contributed by atoms with Gasteiger partial charge in [-0.15, -0.1) is 0 Å². The molecular weight excluding hydrogens is 328 g/mol. The van der Waals surface area contributed by atoms with E-state index >= 15 is 0 Å². The Morgan fingerprint density at radius 2 is 1.68 bits per heavy atom. The Labute approximate surface area is 144 Å². The van der Waals surface area contributed by atoms with Crippen LogP contribution >= 0.6 is 0 Å². The summed E-state index contributed by atoms with van der Waals surface area (Å²) in [5.74, 6) is -3.34. The molecule has 0 spiro atoms. The molecule has 0 fully saturated rings. The molecule has 7 N–H and O–H groups in total. The largest absolute Gasteiger partial charge is 0.480 e. The summed E-state index contributed by atoms with van der Waals surface area (Å²) in [6.07, 6.45) is -0.254. The van der Waals surface area contributed by atoms with Gasteiger partial charge in [0.2, 0.25) is 17.7 Å². The molecule has 0 aliphatic heterocycles. The van der Waals surface area contributed by atoms with E-state index in [1.165, 1.54) is 6.92 Å². The van der Waals surface area contributed by atoms with Gasteiger partial charge < -0.3 is 27.2 Å². The van der Waals surface area contributed by atoms with Gasteiger partial charge in [0.15, 0.2) is 0 Å². The first-order chi connectivity index (χ1) is 11.7. The van der Waals surface area contributed by atoms with Crippen molar-refractivity contribution >= 4 is 23.7 Å². The number of nitrogens with one attached hydrogen (secondary N) is 2. The highest BCUT2D eigenvalue weighted by molar-refractivity contribution is 5.93.